The SMILES string of the molecule is CCOC(=O)C1=CCC=CCC1. The highest BCUT2D eigenvalue weighted by atomic mass is 16.5. The zero-order valence-corrected chi connectivity index (χ0v) is 7.38. The predicted octanol–water partition coefficient (Wildman–Crippen LogP) is 2.22. The Bertz CT molecular complexity index is 214. The number of hydrogen-bond acceptors (Lipinski definition) is 2. The molecule has 0 fully saturated rings. The summed E-state index contributed by atoms with van der Waals surface area (Å²) in [6.07, 6.45) is 8.74. The summed E-state index contributed by atoms with van der Waals surface area (Å²) in [6, 6.07) is 0. The van der Waals surface area contributed by atoms with Crippen LogP contribution in [0.3, 0.4) is 0 Å². The van der Waals surface area contributed by atoms with E-state index in [1.54, 1.807) is 0 Å². The second-order valence-corrected chi connectivity index (χ2v) is 2.70. The Morgan fingerprint density at radius 2 is 2.42 bits per heavy atom. The molecule has 0 N–H and O–H groups in total. The zero-order valence-electron chi connectivity index (χ0n) is 7.38. The van der Waals surface area contributed by atoms with E-state index >= 15 is 0 Å². The van der Waals surface area contributed by atoms with Crippen LogP contribution in [-0.4, -0.2) is 12.6 Å². The van der Waals surface area contributed by atoms with Crippen molar-refractivity contribution in [1.29, 1.82) is 0 Å². The van der Waals surface area contributed by atoms with Crippen LogP contribution in [0.5, 0.6) is 0 Å². The molecule has 0 aromatic heterocycles. The van der Waals surface area contributed by atoms with Crippen molar-refractivity contribution in [3.8, 4) is 0 Å². The molecule has 0 saturated heterocycles. The first-order valence-corrected chi connectivity index (χ1v) is 4.35. The molecule has 12 heavy (non-hydrogen) atoms. The molecule has 0 atom stereocenters. The maximum absolute atomic E-state index is 11.2. The first-order chi connectivity index (χ1) is 5.84. The molecule has 0 bridgehead atoms. The highest BCUT2D eigenvalue weighted by Gasteiger charge is 2.09. The molecule has 0 amide bonds. The van der Waals surface area contributed by atoms with Crippen LogP contribution in [0.25, 0.3) is 0 Å². The standard InChI is InChI=1S/C10H14O2/c1-2-12-10(11)9-7-5-3-4-6-8-9/h3-4,7H,2,5-6,8H2,1H3. The van der Waals surface area contributed by atoms with E-state index in [2.05, 4.69) is 12.2 Å². The predicted molar refractivity (Wildman–Crippen MR) is 47.7 cm³/mol. The van der Waals surface area contributed by atoms with Crippen LogP contribution in [0.2, 0.25) is 0 Å². The summed E-state index contributed by atoms with van der Waals surface area (Å²) >= 11 is 0. The molecule has 1 rings (SSSR count). The summed E-state index contributed by atoms with van der Waals surface area (Å²) in [5.74, 6) is -0.152. The number of esters is 1. The molecule has 0 radical (unpaired) electrons. The average Bonchev–Trinajstić information content (AvgIpc) is 2.32. The highest BCUT2D eigenvalue weighted by molar-refractivity contribution is 5.88. The van der Waals surface area contributed by atoms with Gasteiger partial charge in [0.15, 0.2) is 0 Å². The highest BCUT2D eigenvalue weighted by Crippen LogP contribution is 2.13. The normalized spacial score (nSPS) is 16.6. The molecule has 2 nitrogen and oxygen atoms in total. The van der Waals surface area contributed by atoms with E-state index in [1.807, 2.05) is 13.0 Å². The van der Waals surface area contributed by atoms with Crippen molar-refractivity contribution < 1.29 is 9.53 Å². The van der Waals surface area contributed by atoms with E-state index in [0.717, 1.165) is 24.8 Å². The summed E-state index contributed by atoms with van der Waals surface area (Å²) in [5, 5.41) is 0. The molecule has 1 aliphatic rings. The summed E-state index contributed by atoms with van der Waals surface area (Å²) in [4.78, 5) is 11.2. The van der Waals surface area contributed by atoms with Gasteiger partial charge in [0.2, 0.25) is 0 Å². The molecule has 66 valence electrons. The average molecular weight is 166 g/mol. The molecule has 1 aliphatic carbocycles. The zero-order chi connectivity index (χ0) is 8.81. The molecular formula is C10H14O2. The van der Waals surface area contributed by atoms with Gasteiger partial charge in [0.25, 0.3) is 0 Å². The third-order valence-electron chi connectivity index (χ3n) is 1.78. The van der Waals surface area contributed by atoms with E-state index in [9.17, 15) is 4.79 Å². The third kappa shape index (κ3) is 2.53. The lowest BCUT2D eigenvalue weighted by Crippen LogP contribution is -2.07. The quantitative estimate of drug-likeness (QED) is 0.464. The van der Waals surface area contributed by atoms with Crippen LogP contribution in [0.4, 0.5) is 0 Å². The number of allylic oxidation sites excluding steroid dienone is 3. The van der Waals surface area contributed by atoms with Crippen molar-refractivity contribution in [2.75, 3.05) is 6.61 Å². The van der Waals surface area contributed by atoms with Crippen molar-refractivity contribution in [2.45, 2.75) is 26.2 Å². The third-order valence-corrected chi connectivity index (χ3v) is 1.78. The van der Waals surface area contributed by atoms with Crippen LogP contribution < -0.4 is 0 Å². The number of carbonyl (C=O) groups is 1. The Balaban J connectivity index is 2.50. The number of hydrogen-bond donors (Lipinski definition) is 0. The van der Waals surface area contributed by atoms with Crippen molar-refractivity contribution >= 4 is 5.97 Å². The van der Waals surface area contributed by atoms with Crippen molar-refractivity contribution in [1.82, 2.24) is 0 Å². The van der Waals surface area contributed by atoms with Gasteiger partial charge in [0.1, 0.15) is 0 Å². The van der Waals surface area contributed by atoms with Crippen molar-refractivity contribution in [3.05, 3.63) is 23.8 Å². The molecule has 0 aliphatic heterocycles. The Morgan fingerprint density at radius 3 is 3.17 bits per heavy atom. The summed E-state index contributed by atoms with van der Waals surface area (Å²) in [5.41, 5.74) is 0.821. The minimum Gasteiger partial charge on any atom is -0.463 e. The van der Waals surface area contributed by atoms with Gasteiger partial charge in [-0.1, -0.05) is 18.2 Å². The summed E-state index contributed by atoms with van der Waals surface area (Å²) in [6.45, 7) is 2.29. The van der Waals surface area contributed by atoms with E-state index < -0.39 is 0 Å². The van der Waals surface area contributed by atoms with Crippen LogP contribution in [0.15, 0.2) is 23.8 Å². The maximum atomic E-state index is 11.2. The molecule has 0 unspecified atom stereocenters. The fourth-order valence-corrected chi connectivity index (χ4v) is 1.17. The second kappa shape index (κ2) is 4.75. The number of rotatable bonds is 2. The van der Waals surface area contributed by atoms with E-state index in [4.69, 9.17) is 4.74 Å². The fraction of sp³-hybridized carbons (Fsp3) is 0.500. The smallest absolute Gasteiger partial charge is 0.333 e. The Hall–Kier alpha value is -1.05. The fourth-order valence-electron chi connectivity index (χ4n) is 1.17. The summed E-state index contributed by atoms with van der Waals surface area (Å²) < 4.78 is 4.90. The van der Waals surface area contributed by atoms with Gasteiger partial charge in [-0.05, 0) is 26.2 Å². The van der Waals surface area contributed by atoms with E-state index in [0.29, 0.717) is 6.61 Å². The molecule has 0 spiro atoms. The van der Waals surface area contributed by atoms with E-state index in [-0.39, 0.29) is 5.97 Å². The monoisotopic (exact) mass is 166 g/mol. The molecule has 0 aromatic rings. The van der Waals surface area contributed by atoms with Crippen LogP contribution in [0.1, 0.15) is 26.2 Å². The van der Waals surface area contributed by atoms with Crippen LogP contribution >= 0.6 is 0 Å². The molecule has 2 heteroatoms. The first kappa shape index (κ1) is 9.04. The molecule has 0 saturated carbocycles. The minimum absolute atomic E-state index is 0.152. The largest absolute Gasteiger partial charge is 0.463 e. The Kier molecular flexibility index (Phi) is 3.58. The van der Waals surface area contributed by atoms with Crippen molar-refractivity contribution in [2.24, 2.45) is 0 Å². The minimum atomic E-state index is -0.152. The molecule has 0 aromatic carbocycles. The first-order valence-electron chi connectivity index (χ1n) is 4.35. The summed E-state index contributed by atoms with van der Waals surface area (Å²) in [7, 11) is 0. The van der Waals surface area contributed by atoms with Crippen molar-refractivity contribution in [3.63, 3.8) is 0 Å². The van der Waals surface area contributed by atoms with Gasteiger partial charge in [0.05, 0.1) is 6.61 Å². The van der Waals surface area contributed by atoms with Gasteiger partial charge < -0.3 is 4.74 Å². The molecule has 0 heterocycles. The lowest BCUT2D eigenvalue weighted by molar-refractivity contribution is -0.138. The Labute approximate surface area is 72.9 Å². The number of carbonyl (C=O) groups excluding carboxylic acids is 1. The lowest BCUT2D eigenvalue weighted by Gasteiger charge is -2.03. The van der Waals surface area contributed by atoms with Gasteiger partial charge in [-0.2, -0.15) is 0 Å². The lowest BCUT2D eigenvalue weighted by atomic mass is 10.1. The van der Waals surface area contributed by atoms with Gasteiger partial charge >= 0.3 is 5.97 Å². The van der Waals surface area contributed by atoms with Gasteiger partial charge in [-0.25, -0.2) is 4.79 Å². The van der Waals surface area contributed by atoms with Gasteiger partial charge in [-0.15, -0.1) is 0 Å². The topological polar surface area (TPSA) is 26.3 Å². The maximum Gasteiger partial charge on any atom is 0.333 e. The van der Waals surface area contributed by atoms with Crippen LogP contribution in [-0.2, 0) is 9.53 Å². The number of ether oxygens (including phenoxy) is 1. The van der Waals surface area contributed by atoms with E-state index in [1.165, 1.54) is 0 Å². The second-order valence-electron chi connectivity index (χ2n) is 2.70. The van der Waals surface area contributed by atoms with Crippen LogP contribution in [0, 0.1) is 0 Å². The van der Waals surface area contributed by atoms with Gasteiger partial charge in [0, 0.05) is 5.57 Å². The van der Waals surface area contributed by atoms with Gasteiger partial charge in [-0.3, -0.25) is 0 Å². The molecular weight excluding hydrogens is 152 g/mol. The Morgan fingerprint density at radius 1 is 1.58 bits per heavy atom.